The molecule has 2 aromatic rings. The minimum Gasteiger partial charge on any atom is -0.338 e. The number of hydrogen-bond acceptors (Lipinski definition) is 4. The Morgan fingerprint density at radius 2 is 2.00 bits per heavy atom. The Kier molecular flexibility index (Phi) is 6.28. The standard InChI is InChI=1S/C20H23BrN4O3S/c1-12-11-13(5-6-14(12)25-10-4-9-22-19(25)28)23-18(27)20(2,3)24-17(26)15-7-8-16(21)29-15/h5-8,11H,4,9-10H2,1-3H3,(H,22,28)(H,23,27)(H,24,26). The summed E-state index contributed by atoms with van der Waals surface area (Å²) >= 11 is 4.63. The van der Waals surface area contributed by atoms with Gasteiger partial charge >= 0.3 is 6.03 Å². The lowest BCUT2D eigenvalue weighted by Crippen LogP contribution is -2.52. The molecule has 3 N–H and O–H groups in total. The minimum absolute atomic E-state index is 0.111. The molecule has 0 aliphatic carbocycles. The summed E-state index contributed by atoms with van der Waals surface area (Å²) < 4.78 is 0.850. The van der Waals surface area contributed by atoms with Crippen LogP contribution in [0.1, 0.15) is 35.5 Å². The third kappa shape index (κ3) is 4.97. The highest BCUT2D eigenvalue weighted by molar-refractivity contribution is 9.11. The number of hydrogen-bond donors (Lipinski definition) is 3. The van der Waals surface area contributed by atoms with Gasteiger partial charge in [-0.2, -0.15) is 0 Å². The first-order valence-corrected chi connectivity index (χ1v) is 10.8. The van der Waals surface area contributed by atoms with Crippen molar-refractivity contribution in [1.29, 1.82) is 0 Å². The third-order valence-corrected chi connectivity index (χ3v) is 6.24. The minimum atomic E-state index is -1.10. The number of anilines is 2. The number of urea groups is 1. The molecular formula is C20H23BrN4O3S. The van der Waals surface area contributed by atoms with E-state index in [0.717, 1.165) is 21.5 Å². The maximum Gasteiger partial charge on any atom is 0.321 e. The first-order valence-electron chi connectivity index (χ1n) is 9.23. The van der Waals surface area contributed by atoms with Crippen LogP contribution in [0.15, 0.2) is 34.1 Å². The van der Waals surface area contributed by atoms with Crippen LogP contribution in [0.4, 0.5) is 16.2 Å². The van der Waals surface area contributed by atoms with Crippen molar-refractivity contribution in [2.75, 3.05) is 23.3 Å². The Labute approximate surface area is 182 Å². The molecule has 1 aromatic heterocycles. The molecule has 0 bridgehead atoms. The summed E-state index contributed by atoms with van der Waals surface area (Å²) in [7, 11) is 0. The van der Waals surface area contributed by atoms with E-state index in [1.54, 1.807) is 36.9 Å². The monoisotopic (exact) mass is 478 g/mol. The molecule has 1 aromatic carbocycles. The molecule has 3 rings (SSSR count). The first-order chi connectivity index (χ1) is 13.7. The number of nitrogens with one attached hydrogen (secondary N) is 3. The van der Waals surface area contributed by atoms with Crippen molar-refractivity contribution in [3.05, 3.63) is 44.6 Å². The SMILES string of the molecule is Cc1cc(NC(=O)C(C)(C)NC(=O)c2ccc(Br)s2)ccc1N1CCCNC1=O. The molecule has 2 heterocycles. The summed E-state index contributed by atoms with van der Waals surface area (Å²) in [4.78, 5) is 39.4. The number of amides is 4. The van der Waals surface area contributed by atoms with Gasteiger partial charge in [-0.1, -0.05) is 0 Å². The van der Waals surface area contributed by atoms with E-state index in [4.69, 9.17) is 0 Å². The molecule has 0 unspecified atom stereocenters. The number of benzene rings is 1. The predicted octanol–water partition coefficient (Wildman–Crippen LogP) is 3.89. The van der Waals surface area contributed by atoms with Gasteiger partial charge in [0.05, 0.1) is 8.66 Å². The fraction of sp³-hybridized carbons (Fsp3) is 0.350. The number of halogens is 1. The Bertz CT molecular complexity index is 957. The summed E-state index contributed by atoms with van der Waals surface area (Å²) in [5.41, 5.74) is 1.20. The van der Waals surface area contributed by atoms with Gasteiger partial charge in [0, 0.05) is 24.5 Å². The fourth-order valence-electron chi connectivity index (χ4n) is 3.02. The highest BCUT2D eigenvalue weighted by atomic mass is 79.9. The maximum absolute atomic E-state index is 12.7. The second-order valence-electron chi connectivity index (χ2n) is 7.38. The van der Waals surface area contributed by atoms with E-state index in [2.05, 4.69) is 31.9 Å². The number of aryl methyl sites for hydroxylation is 1. The zero-order valence-electron chi connectivity index (χ0n) is 16.5. The molecule has 29 heavy (non-hydrogen) atoms. The number of carbonyl (C=O) groups excluding carboxylic acids is 3. The van der Waals surface area contributed by atoms with E-state index in [1.165, 1.54) is 11.3 Å². The largest absolute Gasteiger partial charge is 0.338 e. The van der Waals surface area contributed by atoms with Crippen LogP contribution in [0.25, 0.3) is 0 Å². The molecule has 154 valence electrons. The Balaban J connectivity index is 1.68. The molecule has 1 aliphatic rings. The van der Waals surface area contributed by atoms with Crippen LogP contribution in [0, 0.1) is 6.92 Å². The number of rotatable bonds is 5. The molecule has 4 amide bonds. The van der Waals surface area contributed by atoms with Crippen LogP contribution in [-0.4, -0.2) is 36.5 Å². The highest BCUT2D eigenvalue weighted by Crippen LogP contribution is 2.26. The third-order valence-electron chi connectivity index (χ3n) is 4.62. The van der Waals surface area contributed by atoms with Gasteiger partial charge in [0.25, 0.3) is 5.91 Å². The maximum atomic E-state index is 12.7. The summed E-state index contributed by atoms with van der Waals surface area (Å²) in [6.07, 6.45) is 0.887. The zero-order chi connectivity index (χ0) is 21.2. The van der Waals surface area contributed by atoms with Crippen molar-refractivity contribution in [3.63, 3.8) is 0 Å². The molecule has 0 atom stereocenters. The molecular weight excluding hydrogens is 456 g/mol. The average Bonchev–Trinajstić information content (AvgIpc) is 3.09. The Hall–Kier alpha value is -2.39. The summed E-state index contributed by atoms with van der Waals surface area (Å²) in [6.45, 7) is 6.56. The van der Waals surface area contributed by atoms with E-state index in [9.17, 15) is 14.4 Å². The van der Waals surface area contributed by atoms with Gasteiger partial charge in [-0.25, -0.2) is 4.79 Å². The molecule has 1 fully saturated rings. The van der Waals surface area contributed by atoms with E-state index >= 15 is 0 Å². The summed E-state index contributed by atoms with van der Waals surface area (Å²) in [5.74, 6) is -0.632. The van der Waals surface area contributed by atoms with Crippen LogP contribution < -0.4 is 20.9 Å². The Morgan fingerprint density at radius 3 is 2.62 bits per heavy atom. The molecule has 9 heteroatoms. The second-order valence-corrected chi connectivity index (χ2v) is 9.84. The molecule has 7 nitrogen and oxygen atoms in total. The van der Waals surface area contributed by atoms with Gasteiger partial charge in [-0.15, -0.1) is 11.3 Å². The fourth-order valence-corrected chi connectivity index (χ4v) is 4.30. The molecule has 0 saturated carbocycles. The normalized spacial score (nSPS) is 14.3. The highest BCUT2D eigenvalue weighted by Gasteiger charge is 2.30. The van der Waals surface area contributed by atoms with Crippen LogP contribution in [0.5, 0.6) is 0 Å². The van der Waals surface area contributed by atoms with Crippen molar-refractivity contribution in [2.45, 2.75) is 32.7 Å². The van der Waals surface area contributed by atoms with Gasteiger partial charge in [0.15, 0.2) is 0 Å². The van der Waals surface area contributed by atoms with Crippen molar-refractivity contribution in [2.24, 2.45) is 0 Å². The molecule has 1 saturated heterocycles. The van der Waals surface area contributed by atoms with Gasteiger partial charge in [-0.3, -0.25) is 14.5 Å². The summed E-state index contributed by atoms with van der Waals surface area (Å²) in [6, 6.07) is 8.79. The number of nitrogens with zero attached hydrogens (tertiary/aromatic N) is 1. The van der Waals surface area contributed by atoms with Gasteiger partial charge in [-0.05, 0) is 79.0 Å². The second kappa shape index (κ2) is 8.54. The molecule has 0 radical (unpaired) electrons. The lowest BCUT2D eigenvalue weighted by Gasteiger charge is -2.29. The van der Waals surface area contributed by atoms with Crippen LogP contribution >= 0.6 is 27.3 Å². The van der Waals surface area contributed by atoms with Crippen molar-refractivity contribution < 1.29 is 14.4 Å². The van der Waals surface area contributed by atoms with Gasteiger partial charge < -0.3 is 16.0 Å². The molecule has 1 aliphatic heterocycles. The van der Waals surface area contributed by atoms with Crippen molar-refractivity contribution in [1.82, 2.24) is 10.6 Å². The predicted molar refractivity (Wildman–Crippen MR) is 119 cm³/mol. The van der Waals surface area contributed by atoms with E-state index in [1.807, 2.05) is 19.1 Å². The lowest BCUT2D eigenvalue weighted by atomic mass is 10.0. The topological polar surface area (TPSA) is 90.5 Å². The van der Waals surface area contributed by atoms with E-state index < -0.39 is 5.54 Å². The Morgan fingerprint density at radius 1 is 1.24 bits per heavy atom. The lowest BCUT2D eigenvalue weighted by molar-refractivity contribution is -0.120. The van der Waals surface area contributed by atoms with Crippen molar-refractivity contribution in [3.8, 4) is 0 Å². The van der Waals surface area contributed by atoms with E-state index in [0.29, 0.717) is 23.7 Å². The average molecular weight is 479 g/mol. The molecule has 0 spiro atoms. The quantitative estimate of drug-likeness (QED) is 0.608. The van der Waals surface area contributed by atoms with Crippen LogP contribution in [0.2, 0.25) is 0 Å². The van der Waals surface area contributed by atoms with E-state index in [-0.39, 0.29) is 17.8 Å². The van der Waals surface area contributed by atoms with Crippen molar-refractivity contribution >= 4 is 56.5 Å². The summed E-state index contributed by atoms with van der Waals surface area (Å²) in [5, 5.41) is 8.45. The van der Waals surface area contributed by atoms with Crippen LogP contribution in [0.3, 0.4) is 0 Å². The first kappa shape index (κ1) is 21.3. The zero-order valence-corrected chi connectivity index (χ0v) is 18.9. The number of thiophene rings is 1. The van der Waals surface area contributed by atoms with Crippen LogP contribution in [-0.2, 0) is 4.79 Å². The number of carbonyl (C=O) groups is 3. The smallest absolute Gasteiger partial charge is 0.321 e. The van der Waals surface area contributed by atoms with Gasteiger partial charge in [0.2, 0.25) is 5.91 Å². The van der Waals surface area contributed by atoms with Gasteiger partial charge in [0.1, 0.15) is 5.54 Å².